The SMILES string of the molecule is Cc1cncc(C(=O)N2Cc3nc(C)nc(N4CCC4)c3C2)c1. The number of carbonyl (C=O) groups is 1. The maximum atomic E-state index is 12.7. The smallest absolute Gasteiger partial charge is 0.256 e. The van der Waals surface area contributed by atoms with Crippen LogP contribution in [0.25, 0.3) is 0 Å². The van der Waals surface area contributed by atoms with E-state index >= 15 is 0 Å². The fourth-order valence-corrected chi connectivity index (χ4v) is 3.15. The van der Waals surface area contributed by atoms with E-state index in [1.54, 1.807) is 12.4 Å². The zero-order valence-electron chi connectivity index (χ0n) is 13.4. The molecule has 2 aromatic rings. The van der Waals surface area contributed by atoms with E-state index in [2.05, 4.69) is 19.9 Å². The third kappa shape index (κ3) is 2.44. The van der Waals surface area contributed by atoms with Gasteiger partial charge in [-0.3, -0.25) is 9.78 Å². The summed E-state index contributed by atoms with van der Waals surface area (Å²) in [6, 6.07) is 1.88. The van der Waals surface area contributed by atoms with Gasteiger partial charge in [0.15, 0.2) is 0 Å². The van der Waals surface area contributed by atoms with Crippen molar-refractivity contribution in [3.8, 4) is 0 Å². The van der Waals surface area contributed by atoms with Crippen LogP contribution in [0.4, 0.5) is 5.82 Å². The van der Waals surface area contributed by atoms with E-state index in [0.29, 0.717) is 18.7 Å². The Hall–Kier alpha value is -2.50. The molecule has 4 heterocycles. The number of aromatic nitrogens is 3. The monoisotopic (exact) mass is 309 g/mol. The van der Waals surface area contributed by atoms with Crippen LogP contribution in [0.15, 0.2) is 18.5 Å². The largest absolute Gasteiger partial charge is 0.356 e. The van der Waals surface area contributed by atoms with Gasteiger partial charge in [0.25, 0.3) is 5.91 Å². The van der Waals surface area contributed by atoms with Gasteiger partial charge in [-0.15, -0.1) is 0 Å². The molecule has 6 heteroatoms. The zero-order valence-corrected chi connectivity index (χ0v) is 13.4. The summed E-state index contributed by atoms with van der Waals surface area (Å²) < 4.78 is 0. The standard InChI is InChI=1S/C17H19N5O/c1-11-6-13(8-18-7-11)17(23)22-9-14-15(10-22)19-12(2)20-16(14)21-4-3-5-21/h6-8H,3-5,9-10H2,1-2H3. The molecule has 0 saturated carbocycles. The van der Waals surface area contributed by atoms with Crippen LogP contribution in [-0.2, 0) is 13.1 Å². The highest BCUT2D eigenvalue weighted by molar-refractivity contribution is 5.94. The van der Waals surface area contributed by atoms with Crippen molar-refractivity contribution in [2.24, 2.45) is 0 Å². The third-order valence-electron chi connectivity index (χ3n) is 4.44. The van der Waals surface area contributed by atoms with Gasteiger partial charge in [0.2, 0.25) is 0 Å². The van der Waals surface area contributed by atoms with Crippen LogP contribution < -0.4 is 4.90 Å². The summed E-state index contributed by atoms with van der Waals surface area (Å²) in [4.78, 5) is 30.1. The Kier molecular flexibility index (Phi) is 3.25. The van der Waals surface area contributed by atoms with Crippen LogP contribution in [0, 0.1) is 13.8 Å². The Morgan fingerprint density at radius 1 is 1.13 bits per heavy atom. The number of carbonyl (C=O) groups excluding carboxylic acids is 1. The Morgan fingerprint density at radius 2 is 1.96 bits per heavy atom. The molecule has 2 aliphatic heterocycles. The number of fused-ring (bicyclic) bond motifs is 1. The van der Waals surface area contributed by atoms with Crippen molar-refractivity contribution < 1.29 is 4.79 Å². The summed E-state index contributed by atoms with van der Waals surface area (Å²) >= 11 is 0. The molecule has 23 heavy (non-hydrogen) atoms. The van der Waals surface area contributed by atoms with Crippen LogP contribution in [0.5, 0.6) is 0 Å². The van der Waals surface area contributed by atoms with Crippen molar-refractivity contribution >= 4 is 11.7 Å². The summed E-state index contributed by atoms with van der Waals surface area (Å²) in [5, 5.41) is 0. The number of pyridine rings is 1. The van der Waals surface area contributed by atoms with Crippen LogP contribution in [-0.4, -0.2) is 38.8 Å². The number of rotatable bonds is 2. The number of anilines is 1. The lowest BCUT2D eigenvalue weighted by Gasteiger charge is -2.33. The van der Waals surface area contributed by atoms with Crippen LogP contribution in [0.2, 0.25) is 0 Å². The van der Waals surface area contributed by atoms with Gasteiger partial charge in [0, 0.05) is 31.0 Å². The molecular weight excluding hydrogens is 290 g/mol. The minimum Gasteiger partial charge on any atom is -0.356 e. The normalized spacial score (nSPS) is 16.3. The predicted octanol–water partition coefficient (Wildman–Crippen LogP) is 1.85. The second-order valence-electron chi connectivity index (χ2n) is 6.27. The quantitative estimate of drug-likeness (QED) is 0.847. The van der Waals surface area contributed by atoms with E-state index in [-0.39, 0.29) is 5.91 Å². The average molecular weight is 309 g/mol. The molecule has 4 rings (SSSR count). The summed E-state index contributed by atoms with van der Waals surface area (Å²) in [5.41, 5.74) is 3.70. The molecule has 2 aliphatic rings. The first-order valence-corrected chi connectivity index (χ1v) is 7.94. The van der Waals surface area contributed by atoms with Gasteiger partial charge in [0.1, 0.15) is 11.6 Å². The van der Waals surface area contributed by atoms with Crippen molar-refractivity contribution in [2.45, 2.75) is 33.4 Å². The summed E-state index contributed by atoms with van der Waals surface area (Å²) in [7, 11) is 0. The second kappa shape index (κ2) is 5.30. The van der Waals surface area contributed by atoms with E-state index in [4.69, 9.17) is 0 Å². The number of aryl methyl sites for hydroxylation is 2. The van der Waals surface area contributed by atoms with Gasteiger partial charge >= 0.3 is 0 Å². The lowest BCUT2D eigenvalue weighted by Crippen LogP contribution is -2.38. The highest BCUT2D eigenvalue weighted by Gasteiger charge is 2.31. The Bertz CT molecular complexity index is 785. The van der Waals surface area contributed by atoms with Crippen LogP contribution >= 0.6 is 0 Å². The molecule has 1 fully saturated rings. The fraction of sp³-hybridized carbons (Fsp3) is 0.412. The zero-order chi connectivity index (χ0) is 16.0. The molecule has 0 radical (unpaired) electrons. The number of hydrogen-bond acceptors (Lipinski definition) is 5. The summed E-state index contributed by atoms with van der Waals surface area (Å²) in [5.74, 6) is 1.79. The fourth-order valence-electron chi connectivity index (χ4n) is 3.15. The molecular formula is C17H19N5O. The molecule has 0 aromatic carbocycles. The molecule has 0 atom stereocenters. The van der Waals surface area contributed by atoms with E-state index in [1.807, 2.05) is 24.8 Å². The summed E-state index contributed by atoms with van der Waals surface area (Å²) in [6.45, 7) is 7.07. The lowest BCUT2D eigenvalue weighted by atomic mass is 10.1. The van der Waals surface area contributed by atoms with Crippen molar-refractivity contribution in [3.05, 3.63) is 46.7 Å². The number of amides is 1. The highest BCUT2D eigenvalue weighted by atomic mass is 16.2. The summed E-state index contributed by atoms with van der Waals surface area (Å²) in [6.07, 6.45) is 4.59. The Balaban J connectivity index is 1.63. The van der Waals surface area contributed by atoms with Gasteiger partial charge in [-0.1, -0.05) is 0 Å². The van der Waals surface area contributed by atoms with Gasteiger partial charge in [-0.2, -0.15) is 0 Å². The third-order valence-corrected chi connectivity index (χ3v) is 4.44. The Labute approximate surface area is 135 Å². The average Bonchev–Trinajstić information content (AvgIpc) is 2.88. The van der Waals surface area contributed by atoms with E-state index < -0.39 is 0 Å². The van der Waals surface area contributed by atoms with Gasteiger partial charge in [-0.05, 0) is 31.9 Å². The molecule has 6 nitrogen and oxygen atoms in total. The molecule has 0 spiro atoms. The van der Waals surface area contributed by atoms with Crippen molar-refractivity contribution in [3.63, 3.8) is 0 Å². The van der Waals surface area contributed by atoms with Crippen LogP contribution in [0.1, 0.15) is 39.4 Å². The van der Waals surface area contributed by atoms with E-state index in [9.17, 15) is 4.79 Å². The maximum Gasteiger partial charge on any atom is 0.256 e. The molecule has 1 saturated heterocycles. The predicted molar refractivity (Wildman–Crippen MR) is 86.2 cm³/mol. The second-order valence-corrected chi connectivity index (χ2v) is 6.27. The first kappa shape index (κ1) is 14.1. The van der Waals surface area contributed by atoms with E-state index in [0.717, 1.165) is 41.6 Å². The minimum atomic E-state index is 0.00594. The molecule has 0 aliphatic carbocycles. The van der Waals surface area contributed by atoms with Crippen molar-refractivity contribution in [2.75, 3.05) is 18.0 Å². The van der Waals surface area contributed by atoms with Crippen LogP contribution in [0.3, 0.4) is 0 Å². The topological polar surface area (TPSA) is 62.2 Å². The number of nitrogens with zero attached hydrogens (tertiary/aromatic N) is 5. The molecule has 2 aromatic heterocycles. The maximum absolute atomic E-state index is 12.7. The molecule has 0 bridgehead atoms. The number of hydrogen-bond donors (Lipinski definition) is 0. The van der Waals surface area contributed by atoms with Gasteiger partial charge in [0.05, 0.1) is 24.3 Å². The molecule has 0 N–H and O–H groups in total. The first-order chi connectivity index (χ1) is 11.1. The Morgan fingerprint density at radius 3 is 2.65 bits per heavy atom. The lowest BCUT2D eigenvalue weighted by molar-refractivity contribution is 0.0750. The van der Waals surface area contributed by atoms with Gasteiger partial charge < -0.3 is 9.80 Å². The first-order valence-electron chi connectivity index (χ1n) is 7.94. The van der Waals surface area contributed by atoms with Gasteiger partial charge in [-0.25, -0.2) is 9.97 Å². The molecule has 118 valence electrons. The van der Waals surface area contributed by atoms with E-state index in [1.165, 1.54) is 6.42 Å². The molecule has 0 unspecified atom stereocenters. The molecule has 1 amide bonds. The highest BCUT2D eigenvalue weighted by Crippen LogP contribution is 2.32. The van der Waals surface area contributed by atoms with Crippen molar-refractivity contribution in [1.29, 1.82) is 0 Å². The van der Waals surface area contributed by atoms with Crippen molar-refractivity contribution in [1.82, 2.24) is 19.9 Å². The minimum absolute atomic E-state index is 0.00594.